The van der Waals surface area contributed by atoms with Crippen molar-refractivity contribution >= 4 is 16.9 Å². The minimum Gasteiger partial charge on any atom is -0.348 e. The molecule has 0 aliphatic rings. The number of nitrogens with zero attached hydrogens (tertiary/aromatic N) is 5. The number of benzene rings is 1. The van der Waals surface area contributed by atoms with E-state index in [0.29, 0.717) is 18.7 Å². The molecule has 0 saturated carbocycles. The number of amides is 1. The zero-order valence-electron chi connectivity index (χ0n) is 17.8. The van der Waals surface area contributed by atoms with Crippen LogP contribution in [0.1, 0.15) is 45.5 Å². The van der Waals surface area contributed by atoms with Gasteiger partial charge in [0.2, 0.25) is 0 Å². The summed E-state index contributed by atoms with van der Waals surface area (Å²) in [6, 6.07) is 12.0. The van der Waals surface area contributed by atoms with Gasteiger partial charge in [0.25, 0.3) is 5.91 Å². The summed E-state index contributed by atoms with van der Waals surface area (Å²) < 4.78 is 3.80. The summed E-state index contributed by atoms with van der Waals surface area (Å²) in [6.45, 7) is 9.75. The number of nitrogens with one attached hydrogen (secondary N) is 1. The summed E-state index contributed by atoms with van der Waals surface area (Å²) in [6.07, 6.45) is 1.82. The minimum atomic E-state index is -0.128. The van der Waals surface area contributed by atoms with Crippen LogP contribution in [0.4, 0.5) is 0 Å². The molecular formula is C23H26N6O. The van der Waals surface area contributed by atoms with Gasteiger partial charge >= 0.3 is 0 Å². The van der Waals surface area contributed by atoms with Crippen molar-refractivity contribution in [1.29, 1.82) is 0 Å². The molecule has 0 radical (unpaired) electrons. The summed E-state index contributed by atoms with van der Waals surface area (Å²) in [5.41, 5.74) is 6.15. The highest BCUT2D eigenvalue weighted by Gasteiger charge is 2.19. The van der Waals surface area contributed by atoms with Gasteiger partial charge in [0, 0.05) is 30.0 Å². The van der Waals surface area contributed by atoms with Crippen LogP contribution in [0.5, 0.6) is 0 Å². The van der Waals surface area contributed by atoms with Gasteiger partial charge in [-0.3, -0.25) is 9.48 Å². The molecule has 7 nitrogen and oxygen atoms in total. The van der Waals surface area contributed by atoms with Crippen LogP contribution in [0.2, 0.25) is 0 Å². The number of aromatic nitrogens is 5. The van der Waals surface area contributed by atoms with Crippen molar-refractivity contribution in [2.45, 2.75) is 47.3 Å². The molecular weight excluding hydrogens is 376 g/mol. The monoisotopic (exact) mass is 402 g/mol. The summed E-state index contributed by atoms with van der Waals surface area (Å²) in [5, 5.41) is 12.9. The average molecular weight is 403 g/mol. The molecule has 0 aliphatic heterocycles. The zero-order valence-corrected chi connectivity index (χ0v) is 17.8. The summed E-state index contributed by atoms with van der Waals surface area (Å²) in [5.74, 6) is -0.128. The lowest BCUT2D eigenvalue weighted by atomic mass is 10.1. The van der Waals surface area contributed by atoms with E-state index in [2.05, 4.69) is 39.6 Å². The molecule has 0 spiro atoms. The number of rotatable bonds is 6. The highest BCUT2D eigenvalue weighted by atomic mass is 16.1. The van der Waals surface area contributed by atoms with E-state index in [1.807, 2.05) is 60.6 Å². The Hall–Kier alpha value is -3.48. The Bertz CT molecular complexity index is 1210. The molecule has 4 rings (SSSR count). The SMILES string of the molecule is CCn1ncc(CNC(=O)c2cc(C)nc3c2c(C)nn3Cc2ccccc2)c1C. The van der Waals surface area contributed by atoms with E-state index in [9.17, 15) is 4.79 Å². The Balaban J connectivity index is 1.65. The number of aryl methyl sites for hydroxylation is 3. The van der Waals surface area contributed by atoms with E-state index >= 15 is 0 Å². The molecule has 3 aromatic heterocycles. The van der Waals surface area contributed by atoms with Gasteiger partial charge in [0.1, 0.15) is 0 Å². The van der Waals surface area contributed by atoms with Gasteiger partial charge in [0.05, 0.1) is 29.4 Å². The molecule has 1 aromatic carbocycles. The molecule has 0 fully saturated rings. The van der Waals surface area contributed by atoms with Crippen LogP contribution in [0.3, 0.4) is 0 Å². The second-order valence-electron chi connectivity index (χ2n) is 7.49. The predicted octanol–water partition coefficient (Wildman–Crippen LogP) is 3.55. The number of fused-ring (bicyclic) bond motifs is 1. The number of hydrogen-bond acceptors (Lipinski definition) is 4. The van der Waals surface area contributed by atoms with Crippen molar-refractivity contribution in [2.75, 3.05) is 0 Å². The Morgan fingerprint density at radius 1 is 1.10 bits per heavy atom. The normalized spacial score (nSPS) is 11.2. The van der Waals surface area contributed by atoms with E-state index in [1.165, 1.54) is 0 Å². The van der Waals surface area contributed by atoms with Crippen molar-refractivity contribution in [3.05, 3.63) is 76.4 Å². The Labute approximate surface area is 175 Å². The lowest BCUT2D eigenvalue weighted by molar-refractivity contribution is 0.0952. The molecule has 0 aliphatic carbocycles. The van der Waals surface area contributed by atoms with Gasteiger partial charge in [0.15, 0.2) is 5.65 Å². The maximum atomic E-state index is 13.1. The highest BCUT2D eigenvalue weighted by molar-refractivity contribution is 6.06. The third kappa shape index (κ3) is 3.70. The quantitative estimate of drug-likeness (QED) is 0.535. The van der Waals surface area contributed by atoms with Crippen LogP contribution < -0.4 is 5.32 Å². The highest BCUT2D eigenvalue weighted by Crippen LogP contribution is 2.23. The molecule has 30 heavy (non-hydrogen) atoms. The van der Waals surface area contributed by atoms with Crippen LogP contribution in [0, 0.1) is 20.8 Å². The van der Waals surface area contributed by atoms with Crippen LogP contribution in [-0.4, -0.2) is 30.5 Å². The fourth-order valence-electron chi connectivity index (χ4n) is 3.77. The fourth-order valence-corrected chi connectivity index (χ4v) is 3.77. The summed E-state index contributed by atoms with van der Waals surface area (Å²) >= 11 is 0. The second kappa shape index (κ2) is 8.10. The lowest BCUT2D eigenvalue weighted by Crippen LogP contribution is -2.23. The Morgan fingerprint density at radius 3 is 2.57 bits per heavy atom. The van der Waals surface area contributed by atoms with Gasteiger partial charge in [-0.15, -0.1) is 0 Å². The molecule has 154 valence electrons. The van der Waals surface area contributed by atoms with E-state index in [0.717, 1.165) is 45.8 Å². The van der Waals surface area contributed by atoms with E-state index in [4.69, 9.17) is 0 Å². The second-order valence-corrected chi connectivity index (χ2v) is 7.49. The standard InChI is InChI=1S/C23H26N6O/c1-5-28-17(4)19(13-25-28)12-24-23(30)20-11-15(2)26-22-21(20)16(3)27-29(22)14-18-9-7-6-8-10-18/h6-11,13H,5,12,14H2,1-4H3,(H,24,30). The molecule has 3 heterocycles. The third-order valence-electron chi connectivity index (χ3n) is 5.37. The topological polar surface area (TPSA) is 77.6 Å². The number of carbonyl (C=O) groups excluding carboxylic acids is 1. The van der Waals surface area contributed by atoms with Crippen molar-refractivity contribution in [2.24, 2.45) is 0 Å². The van der Waals surface area contributed by atoms with Gasteiger partial charge in [-0.05, 0) is 39.3 Å². The first-order valence-electron chi connectivity index (χ1n) is 10.2. The average Bonchev–Trinajstić information content (AvgIpc) is 3.25. The van der Waals surface area contributed by atoms with E-state index in [1.54, 1.807) is 0 Å². The minimum absolute atomic E-state index is 0.128. The fraction of sp³-hybridized carbons (Fsp3) is 0.304. The maximum absolute atomic E-state index is 13.1. The zero-order chi connectivity index (χ0) is 21.3. The van der Waals surface area contributed by atoms with Crippen molar-refractivity contribution in [3.8, 4) is 0 Å². The van der Waals surface area contributed by atoms with Crippen LogP contribution >= 0.6 is 0 Å². The van der Waals surface area contributed by atoms with Crippen LogP contribution in [0.25, 0.3) is 11.0 Å². The largest absolute Gasteiger partial charge is 0.348 e. The molecule has 4 aromatic rings. The third-order valence-corrected chi connectivity index (χ3v) is 5.37. The lowest BCUT2D eigenvalue weighted by Gasteiger charge is -2.09. The van der Waals surface area contributed by atoms with Crippen molar-refractivity contribution in [1.82, 2.24) is 29.9 Å². The number of hydrogen-bond donors (Lipinski definition) is 1. The van der Waals surface area contributed by atoms with E-state index < -0.39 is 0 Å². The van der Waals surface area contributed by atoms with Crippen molar-refractivity contribution in [3.63, 3.8) is 0 Å². The molecule has 0 bridgehead atoms. The molecule has 1 N–H and O–H groups in total. The van der Waals surface area contributed by atoms with Crippen LogP contribution in [-0.2, 0) is 19.6 Å². The van der Waals surface area contributed by atoms with Gasteiger partial charge in [-0.25, -0.2) is 9.67 Å². The van der Waals surface area contributed by atoms with Crippen molar-refractivity contribution < 1.29 is 4.79 Å². The molecule has 1 amide bonds. The number of pyridine rings is 1. The Morgan fingerprint density at radius 2 is 1.87 bits per heavy atom. The van der Waals surface area contributed by atoms with Crippen LogP contribution in [0.15, 0.2) is 42.6 Å². The van der Waals surface area contributed by atoms with E-state index in [-0.39, 0.29) is 5.91 Å². The van der Waals surface area contributed by atoms with Gasteiger partial charge < -0.3 is 5.32 Å². The first-order chi connectivity index (χ1) is 14.5. The number of carbonyl (C=O) groups is 1. The first-order valence-corrected chi connectivity index (χ1v) is 10.2. The first kappa shape index (κ1) is 19.8. The Kier molecular flexibility index (Phi) is 5.35. The molecule has 0 unspecified atom stereocenters. The van der Waals surface area contributed by atoms with Gasteiger partial charge in [-0.1, -0.05) is 30.3 Å². The molecule has 7 heteroatoms. The summed E-state index contributed by atoms with van der Waals surface area (Å²) in [7, 11) is 0. The van der Waals surface area contributed by atoms with Gasteiger partial charge in [-0.2, -0.15) is 10.2 Å². The smallest absolute Gasteiger partial charge is 0.252 e. The summed E-state index contributed by atoms with van der Waals surface area (Å²) in [4.78, 5) is 17.8. The maximum Gasteiger partial charge on any atom is 0.252 e. The molecule has 0 saturated heterocycles. The molecule has 0 atom stereocenters. The predicted molar refractivity (Wildman–Crippen MR) is 116 cm³/mol.